The third kappa shape index (κ3) is 4.89. The molecule has 118 valence electrons. The second-order valence-corrected chi connectivity index (χ2v) is 5.06. The summed E-state index contributed by atoms with van der Waals surface area (Å²) in [4.78, 5) is 14.6. The van der Waals surface area contributed by atoms with Crippen LogP contribution in [-0.4, -0.2) is 28.1 Å². The van der Waals surface area contributed by atoms with E-state index < -0.39 is 23.4 Å². The topological polar surface area (TPSA) is 88.2 Å². The van der Waals surface area contributed by atoms with Gasteiger partial charge in [-0.25, -0.2) is 4.98 Å². The quantitative estimate of drug-likeness (QED) is 0.751. The first-order chi connectivity index (χ1) is 9.57. The van der Waals surface area contributed by atoms with E-state index in [-0.39, 0.29) is 17.9 Å². The fourth-order valence-electron chi connectivity index (χ4n) is 1.85. The Kier molecular flexibility index (Phi) is 5.16. The van der Waals surface area contributed by atoms with E-state index in [1.54, 1.807) is 6.92 Å². The fourth-order valence-corrected chi connectivity index (χ4v) is 1.85. The van der Waals surface area contributed by atoms with E-state index in [9.17, 15) is 23.1 Å². The summed E-state index contributed by atoms with van der Waals surface area (Å²) in [6.07, 6.45) is -3.48. The number of aliphatic hydroxyl groups is 1. The maximum Gasteiger partial charge on any atom is 0.433 e. The lowest BCUT2D eigenvalue weighted by molar-refractivity contribution is -0.141. The molecule has 21 heavy (non-hydrogen) atoms. The lowest BCUT2D eigenvalue weighted by Crippen LogP contribution is -2.34. The lowest BCUT2D eigenvalue weighted by Gasteiger charge is -2.24. The van der Waals surface area contributed by atoms with Gasteiger partial charge in [0.1, 0.15) is 11.5 Å². The first-order valence-corrected chi connectivity index (χ1v) is 6.41. The van der Waals surface area contributed by atoms with Crippen LogP contribution in [-0.2, 0) is 6.18 Å². The third-order valence-electron chi connectivity index (χ3n) is 2.88. The van der Waals surface area contributed by atoms with Crippen molar-refractivity contribution in [3.05, 3.63) is 23.4 Å². The number of aromatic nitrogens is 1. The summed E-state index contributed by atoms with van der Waals surface area (Å²) in [5, 5.41) is 12.6. The van der Waals surface area contributed by atoms with Crippen LogP contribution in [0.1, 0.15) is 42.7 Å². The van der Waals surface area contributed by atoms with Crippen LogP contribution >= 0.6 is 0 Å². The highest BCUT2D eigenvalue weighted by Crippen LogP contribution is 2.29. The number of carbonyl (C=O) groups is 1. The first-order valence-electron chi connectivity index (χ1n) is 6.41. The average molecular weight is 305 g/mol. The fraction of sp³-hybridized carbons (Fsp3) is 0.538. The third-order valence-corrected chi connectivity index (χ3v) is 2.88. The number of nitrogens with one attached hydrogen (secondary N) is 1. The number of hydrogen-bond acceptors (Lipinski definition) is 4. The van der Waals surface area contributed by atoms with Crippen LogP contribution in [0.15, 0.2) is 12.1 Å². The molecule has 0 spiro atoms. The minimum atomic E-state index is -4.63. The number of primary amides is 1. The molecule has 0 bridgehead atoms. The van der Waals surface area contributed by atoms with Gasteiger partial charge in [0, 0.05) is 6.54 Å². The number of hydrogen-bond donors (Lipinski definition) is 3. The van der Waals surface area contributed by atoms with Gasteiger partial charge < -0.3 is 16.2 Å². The van der Waals surface area contributed by atoms with Crippen molar-refractivity contribution in [1.82, 2.24) is 4.98 Å². The van der Waals surface area contributed by atoms with Crippen molar-refractivity contribution in [3.8, 4) is 0 Å². The van der Waals surface area contributed by atoms with Crippen LogP contribution in [0.4, 0.5) is 19.0 Å². The lowest BCUT2D eigenvalue weighted by atomic mass is 10.0. The Bertz CT molecular complexity index is 516. The molecule has 0 aliphatic rings. The van der Waals surface area contributed by atoms with Crippen LogP contribution in [0.3, 0.4) is 0 Å². The number of rotatable bonds is 6. The normalized spacial score (nSPS) is 14.6. The molecule has 1 amide bonds. The molecule has 5 nitrogen and oxygen atoms in total. The van der Waals surface area contributed by atoms with E-state index in [1.807, 2.05) is 6.92 Å². The summed E-state index contributed by atoms with van der Waals surface area (Å²) in [6.45, 7) is 3.36. The van der Waals surface area contributed by atoms with E-state index in [2.05, 4.69) is 10.3 Å². The smallest absolute Gasteiger partial charge is 0.388 e. The molecule has 1 rings (SSSR count). The predicted molar refractivity (Wildman–Crippen MR) is 71.8 cm³/mol. The molecule has 0 aromatic carbocycles. The number of amides is 1. The molecule has 4 N–H and O–H groups in total. The predicted octanol–water partition coefficient (Wildman–Crippen LogP) is 2.16. The van der Waals surface area contributed by atoms with Gasteiger partial charge in [0.2, 0.25) is 0 Å². The van der Waals surface area contributed by atoms with Gasteiger partial charge in [0.25, 0.3) is 5.91 Å². The summed E-state index contributed by atoms with van der Waals surface area (Å²) >= 11 is 0. The Morgan fingerprint density at radius 2 is 2.05 bits per heavy atom. The van der Waals surface area contributed by atoms with Gasteiger partial charge in [-0.2, -0.15) is 13.2 Å². The monoisotopic (exact) mass is 305 g/mol. The number of pyridine rings is 1. The highest BCUT2D eigenvalue weighted by atomic mass is 19.4. The number of halogens is 3. The highest BCUT2D eigenvalue weighted by molar-refractivity contribution is 5.97. The van der Waals surface area contributed by atoms with Crippen molar-refractivity contribution < 1.29 is 23.1 Å². The van der Waals surface area contributed by atoms with E-state index >= 15 is 0 Å². The number of nitrogens with zero attached hydrogens (tertiary/aromatic N) is 1. The van der Waals surface area contributed by atoms with Crippen LogP contribution < -0.4 is 11.1 Å². The largest absolute Gasteiger partial charge is 0.433 e. The van der Waals surface area contributed by atoms with E-state index in [0.29, 0.717) is 18.9 Å². The van der Waals surface area contributed by atoms with Crippen molar-refractivity contribution in [2.75, 3.05) is 11.9 Å². The summed E-state index contributed by atoms with van der Waals surface area (Å²) < 4.78 is 37.9. The Balaban J connectivity index is 3.05. The number of anilines is 1. The van der Waals surface area contributed by atoms with Crippen LogP contribution in [0.5, 0.6) is 0 Å². The van der Waals surface area contributed by atoms with Crippen molar-refractivity contribution in [2.24, 2.45) is 5.73 Å². The summed E-state index contributed by atoms with van der Waals surface area (Å²) in [7, 11) is 0. The number of carbonyl (C=O) groups excluding carboxylic acids is 1. The van der Waals surface area contributed by atoms with E-state index in [0.717, 1.165) is 6.07 Å². The molecule has 0 aliphatic carbocycles. The summed E-state index contributed by atoms with van der Waals surface area (Å²) in [6, 6.07) is 1.66. The average Bonchev–Trinajstić information content (AvgIpc) is 2.34. The molecule has 1 unspecified atom stereocenters. The number of nitrogens with two attached hydrogens (primary N) is 1. The van der Waals surface area contributed by atoms with Crippen molar-refractivity contribution in [3.63, 3.8) is 0 Å². The van der Waals surface area contributed by atoms with Gasteiger partial charge in [-0.3, -0.25) is 4.79 Å². The zero-order valence-electron chi connectivity index (χ0n) is 11.8. The molecule has 0 aliphatic heterocycles. The maximum atomic E-state index is 12.6. The van der Waals surface area contributed by atoms with Crippen molar-refractivity contribution >= 4 is 11.7 Å². The van der Waals surface area contributed by atoms with Gasteiger partial charge in [0.15, 0.2) is 0 Å². The summed E-state index contributed by atoms with van der Waals surface area (Å²) in [5.74, 6) is -1.18. The zero-order chi connectivity index (χ0) is 16.3. The molecule has 0 fully saturated rings. The standard InChI is InChI=1S/C13H18F3N3O2/c1-3-6-12(2,21)7-18-11-8(10(17)20)4-5-9(19-11)13(14,15)16/h4-5,21H,3,6-7H2,1-2H3,(H2,17,20)(H,18,19). The minimum Gasteiger partial charge on any atom is -0.388 e. The molecule has 0 radical (unpaired) electrons. The number of alkyl halides is 3. The van der Waals surface area contributed by atoms with Gasteiger partial charge in [-0.15, -0.1) is 0 Å². The van der Waals surface area contributed by atoms with Crippen LogP contribution in [0, 0.1) is 0 Å². The summed E-state index contributed by atoms with van der Waals surface area (Å²) in [5.41, 5.74) is 2.69. The van der Waals surface area contributed by atoms with Crippen LogP contribution in [0.25, 0.3) is 0 Å². The molecule has 1 aromatic heterocycles. The molecular weight excluding hydrogens is 287 g/mol. The second-order valence-electron chi connectivity index (χ2n) is 5.06. The van der Waals surface area contributed by atoms with Gasteiger partial charge >= 0.3 is 6.18 Å². The molecule has 0 saturated carbocycles. The molecule has 8 heteroatoms. The van der Waals surface area contributed by atoms with Gasteiger partial charge in [-0.1, -0.05) is 13.3 Å². The molecule has 1 aromatic rings. The van der Waals surface area contributed by atoms with Crippen molar-refractivity contribution in [2.45, 2.75) is 38.5 Å². The first kappa shape index (κ1) is 17.2. The maximum absolute atomic E-state index is 12.6. The van der Waals surface area contributed by atoms with E-state index in [1.165, 1.54) is 0 Å². The Morgan fingerprint density at radius 1 is 1.43 bits per heavy atom. The Morgan fingerprint density at radius 3 is 2.52 bits per heavy atom. The molecule has 0 saturated heterocycles. The van der Waals surface area contributed by atoms with Gasteiger partial charge in [0.05, 0.1) is 11.2 Å². The Labute approximate surface area is 120 Å². The SMILES string of the molecule is CCCC(C)(O)CNc1nc(C(F)(F)F)ccc1C(N)=O. The zero-order valence-corrected chi connectivity index (χ0v) is 11.8. The van der Waals surface area contributed by atoms with E-state index in [4.69, 9.17) is 5.73 Å². The van der Waals surface area contributed by atoms with Gasteiger partial charge in [-0.05, 0) is 25.5 Å². The molecular formula is C13H18F3N3O2. The Hall–Kier alpha value is -1.83. The minimum absolute atomic E-state index is 0.0462. The molecule has 1 heterocycles. The molecule has 1 atom stereocenters. The highest BCUT2D eigenvalue weighted by Gasteiger charge is 2.33. The second kappa shape index (κ2) is 6.30. The van der Waals surface area contributed by atoms with Crippen LogP contribution in [0.2, 0.25) is 0 Å². The van der Waals surface area contributed by atoms with Crippen molar-refractivity contribution in [1.29, 1.82) is 0 Å².